The molecule has 1 saturated carbocycles. The van der Waals surface area contributed by atoms with Crippen LogP contribution in [0.3, 0.4) is 0 Å². The SMILES string of the molecule is CNC(=O)c1cc(C(=O)N[C@H]2C[C@@H]2C)cc([C@@H](O)c2ccccc2)n1. The highest BCUT2D eigenvalue weighted by atomic mass is 16.3. The lowest BCUT2D eigenvalue weighted by Crippen LogP contribution is -2.28. The van der Waals surface area contributed by atoms with Crippen molar-refractivity contribution in [2.75, 3.05) is 7.05 Å². The third-order valence-electron chi connectivity index (χ3n) is 4.39. The number of benzene rings is 1. The molecular weight excluding hydrogens is 318 g/mol. The van der Waals surface area contributed by atoms with Gasteiger partial charge in [-0.1, -0.05) is 37.3 Å². The Morgan fingerprint density at radius 1 is 1.20 bits per heavy atom. The van der Waals surface area contributed by atoms with E-state index in [4.69, 9.17) is 0 Å². The zero-order valence-corrected chi connectivity index (χ0v) is 14.2. The number of nitrogens with zero attached hydrogens (tertiary/aromatic N) is 1. The zero-order chi connectivity index (χ0) is 18.0. The number of carbonyl (C=O) groups excluding carboxylic acids is 2. The molecule has 1 aromatic heterocycles. The van der Waals surface area contributed by atoms with Crippen LogP contribution in [-0.2, 0) is 0 Å². The maximum Gasteiger partial charge on any atom is 0.269 e. The summed E-state index contributed by atoms with van der Waals surface area (Å²) in [6.45, 7) is 2.07. The van der Waals surface area contributed by atoms with Gasteiger partial charge in [0, 0.05) is 18.7 Å². The fourth-order valence-electron chi connectivity index (χ4n) is 2.65. The second-order valence-corrected chi connectivity index (χ2v) is 6.35. The first-order chi connectivity index (χ1) is 12.0. The van der Waals surface area contributed by atoms with E-state index in [1.165, 1.54) is 19.2 Å². The fourth-order valence-corrected chi connectivity index (χ4v) is 2.65. The van der Waals surface area contributed by atoms with Crippen LogP contribution < -0.4 is 10.6 Å². The Labute approximate surface area is 146 Å². The van der Waals surface area contributed by atoms with Crippen LogP contribution in [0.1, 0.15) is 51.6 Å². The van der Waals surface area contributed by atoms with Crippen LogP contribution in [0.4, 0.5) is 0 Å². The molecule has 0 aliphatic heterocycles. The first-order valence-corrected chi connectivity index (χ1v) is 8.27. The molecule has 25 heavy (non-hydrogen) atoms. The van der Waals surface area contributed by atoms with Gasteiger partial charge in [-0.2, -0.15) is 0 Å². The lowest BCUT2D eigenvalue weighted by Gasteiger charge is -2.14. The number of pyridine rings is 1. The average molecular weight is 339 g/mol. The maximum absolute atomic E-state index is 12.5. The average Bonchev–Trinajstić information content (AvgIpc) is 3.35. The molecule has 1 aromatic carbocycles. The van der Waals surface area contributed by atoms with Crippen LogP contribution in [0.25, 0.3) is 0 Å². The van der Waals surface area contributed by atoms with Crippen molar-refractivity contribution in [3.63, 3.8) is 0 Å². The molecule has 130 valence electrons. The lowest BCUT2D eigenvalue weighted by molar-refractivity contribution is 0.0949. The summed E-state index contributed by atoms with van der Waals surface area (Å²) in [7, 11) is 1.50. The molecule has 0 saturated heterocycles. The van der Waals surface area contributed by atoms with Crippen LogP contribution in [0.15, 0.2) is 42.5 Å². The van der Waals surface area contributed by atoms with Gasteiger partial charge in [0.25, 0.3) is 11.8 Å². The molecule has 2 amide bonds. The minimum Gasteiger partial charge on any atom is -0.382 e. The quantitative estimate of drug-likeness (QED) is 0.773. The van der Waals surface area contributed by atoms with E-state index >= 15 is 0 Å². The number of hydrogen-bond acceptors (Lipinski definition) is 4. The van der Waals surface area contributed by atoms with Crippen LogP contribution in [0, 0.1) is 5.92 Å². The van der Waals surface area contributed by atoms with E-state index in [1.54, 1.807) is 12.1 Å². The number of aliphatic hydroxyl groups excluding tert-OH is 1. The largest absolute Gasteiger partial charge is 0.382 e. The van der Waals surface area contributed by atoms with E-state index in [0.717, 1.165) is 6.42 Å². The second kappa shape index (κ2) is 7.03. The monoisotopic (exact) mass is 339 g/mol. The molecule has 3 N–H and O–H groups in total. The number of nitrogens with one attached hydrogen (secondary N) is 2. The van der Waals surface area contributed by atoms with Gasteiger partial charge in [-0.05, 0) is 30.0 Å². The molecule has 6 nitrogen and oxygen atoms in total. The third-order valence-corrected chi connectivity index (χ3v) is 4.39. The Bertz CT molecular complexity index is 792. The van der Waals surface area contributed by atoms with E-state index in [1.807, 2.05) is 18.2 Å². The van der Waals surface area contributed by atoms with Crippen molar-refractivity contribution >= 4 is 11.8 Å². The Morgan fingerprint density at radius 2 is 1.88 bits per heavy atom. The zero-order valence-electron chi connectivity index (χ0n) is 14.2. The van der Waals surface area contributed by atoms with Crippen LogP contribution in [0.2, 0.25) is 0 Å². The molecule has 2 aromatic rings. The summed E-state index contributed by atoms with van der Waals surface area (Å²) in [6.07, 6.45) is -0.0595. The van der Waals surface area contributed by atoms with Crippen LogP contribution >= 0.6 is 0 Å². The highest BCUT2D eigenvalue weighted by Gasteiger charge is 2.34. The first-order valence-electron chi connectivity index (χ1n) is 8.27. The number of hydrogen-bond donors (Lipinski definition) is 3. The molecule has 0 bridgehead atoms. The van der Waals surface area contributed by atoms with Crippen molar-refractivity contribution in [3.05, 3.63) is 65.0 Å². The van der Waals surface area contributed by atoms with Gasteiger partial charge < -0.3 is 15.7 Å². The number of amides is 2. The van der Waals surface area contributed by atoms with Crippen molar-refractivity contribution in [1.82, 2.24) is 15.6 Å². The maximum atomic E-state index is 12.5. The highest BCUT2D eigenvalue weighted by Crippen LogP contribution is 2.29. The third kappa shape index (κ3) is 3.85. The van der Waals surface area contributed by atoms with Gasteiger partial charge >= 0.3 is 0 Å². The summed E-state index contributed by atoms with van der Waals surface area (Å²) >= 11 is 0. The Kier molecular flexibility index (Phi) is 4.81. The van der Waals surface area contributed by atoms with Crippen molar-refractivity contribution in [3.8, 4) is 0 Å². The van der Waals surface area contributed by atoms with Gasteiger partial charge in [-0.3, -0.25) is 9.59 Å². The van der Waals surface area contributed by atoms with Gasteiger partial charge in [0.1, 0.15) is 11.8 Å². The Hall–Kier alpha value is -2.73. The normalized spacial score (nSPS) is 19.8. The van der Waals surface area contributed by atoms with E-state index in [0.29, 0.717) is 17.0 Å². The highest BCUT2D eigenvalue weighted by molar-refractivity contribution is 5.98. The molecule has 1 heterocycles. The standard InChI is InChI=1S/C19H21N3O3/c1-11-8-14(11)22-18(24)13-9-15(21-16(10-13)19(25)20-2)17(23)12-6-4-3-5-7-12/h3-7,9-11,14,17,23H,8H2,1-2H3,(H,20,25)(H,22,24)/t11-,14-,17-/m0/s1. The molecule has 3 rings (SSSR count). The predicted octanol–water partition coefficient (Wildman–Crippen LogP) is 1.66. The van der Waals surface area contributed by atoms with E-state index < -0.39 is 12.0 Å². The van der Waals surface area contributed by atoms with Gasteiger partial charge in [-0.15, -0.1) is 0 Å². The summed E-state index contributed by atoms with van der Waals surface area (Å²) in [5, 5.41) is 16.0. The summed E-state index contributed by atoms with van der Waals surface area (Å²) in [5.74, 6) is -0.196. The van der Waals surface area contributed by atoms with Gasteiger partial charge in [-0.25, -0.2) is 4.98 Å². The minimum absolute atomic E-state index is 0.101. The molecule has 0 spiro atoms. The van der Waals surface area contributed by atoms with Crippen molar-refractivity contribution in [2.24, 2.45) is 5.92 Å². The topological polar surface area (TPSA) is 91.3 Å². The second-order valence-electron chi connectivity index (χ2n) is 6.35. The van der Waals surface area contributed by atoms with Gasteiger partial charge in [0.05, 0.1) is 5.69 Å². The molecule has 0 radical (unpaired) electrons. The van der Waals surface area contributed by atoms with Crippen LogP contribution in [-0.4, -0.2) is 35.0 Å². The van der Waals surface area contributed by atoms with E-state index in [9.17, 15) is 14.7 Å². The van der Waals surface area contributed by atoms with Crippen molar-refractivity contribution < 1.29 is 14.7 Å². The minimum atomic E-state index is -1.02. The Morgan fingerprint density at radius 3 is 2.48 bits per heavy atom. The number of carbonyl (C=O) groups is 2. The van der Waals surface area contributed by atoms with Crippen molar-refractivity contribution in [2.45, 2.75) is 25.5 Å². The predicted molar refractivity (Wildman–Crippen MR) is 93.2 cm³/mol. The summed E-state index contributed by atoms with van der Waals surface area (Å²) in [5.41, 5.74) is 1.33. The summed E-state index contributed by atoms with van der Waals surface area (Å²) in [4.78, 5) is 28.7. The number of aliphatic hydroxyl groups is 1. The van der Waals surface area contributed by atoms with Gasteiger partial charge in [0.15, 0.2) is 0 Å². The molecule has 1 fully saturated rings. The van der Waals surface area contributed by atoms with Crippen LogP contribution in [0.5, 0.6) is 0 Å². The van der Waals surface area contributed by atoms with Crippen molar-refractivity contribution in [1.29, 1.82) is 0 Å². The molecule has 0 unspecified atom stereocenters. The summed E-state index contributed by atoms with van der Waals surface area (Å²) < 4.78 is 0. The lowest BCUT2D eigenvalue weighted by atomic mass is 10.0. The first kappa shape index (κ1) is 17.1. The molecular formula is C19H21N3O3. The molecule has 1 aliphatic rings. The number of aromatic nitrogens is 1. The Balaban J connectivity index is 1.95. The molecule has 3 atom stereocenters. The van der Waals surface area contributed by atoms with E-state index in [-0.39, 0.29) is 23.3 Å². The molecule has 6 heteroatoms. The smallest absolute Gasteiger partial charge is 0.269 e. The molecule has 1 aliphatic carbocycles. The van der Waals surface area contributed by atoms with Gasteiger partial charge in [0.2, 0.25) is 0 Å². The fraction of sp³-hybridized carbons (Fsp3) is 0.316. The summed E-state index contributed by atoms with van der Waals surface area (Å²) in [6, 6.07) is 12.2. The number of rotatable bonds is 5. The van der Waals surface area contributed by atoms with E-state index in [2.05, 4.69) is 22.5 Å².